The number of aromatic nitrogens is 3. The zero-order chi connectivity index (χ0) is 15.3. The van der Waals surface area contributed by atoms with E-state index in [2.05, 4.69) is 15.4 Å². The molecule has 2 aromatic rings. The highest BCUT2D eigenvalue weighted by molar-refractivity contribution is 5.50. The quantitative estimate of drug-likeness (QED) is 0.911. The molecule has 22 heavy (non-hydrogen) atoms. The molecule has 0 aliphatic heterocycles. The Morgan fingerprint density at radius 2 is 2.09 bits per heavy atom. The lowest BCUT2D eigenvalue weighted by Gasteiger charge is -2.19. The number of alkyl halides is 2. The first-order valence-electron chi connectivity index (χ1n) is 7.79. The Morgan fingerprint density at radius 3 is 2.77 bits per heavy atom. The molecule has 0 amide bonds. The van der Waals surface area contributed by atoms with E-state index in [-0.39, 0.29) is 17.8 Å². The molecule has 2 aliphatic rings. The Bertz CT molecular complexity index is 694. The normalized spacial score (nSPS) is 25.8. The number of nitrogens with one attached hydrogen (secondary N) is 1. The van der Waals surface area contributed by atoms with Crippen LogP contribution < -0.4 is 11.1 Å². The molecule has 7 heteroatoms. The van der Waals surface area contributed by atoms with Crippen LogP contribution in [0.15, 0.2) is 18.3 Å². The lowest BCUT2D eigenvalue weighted by molar-refractivity contribution is -0.0326. The van der Waals surface area contributed by atoms with Crippen molar-refractivity contribution in [3.05, 3.63) is 24.0 Å². The van der Waals surface area contributed by atoms with Gasteiger partial charge in [-0.3, -0.25) is 0 Å². The minimum atomic E-state index is -2.87. The monoisotopic (exact) mass is 307 g/mol. The van der Waals surface area contributed by atoms with E-state index in [9.17, 15) is 8.78 Å². The average Bonchev–Trinajstić information content (AvgIpc) is 3.11. The van der Waals surface area contributed by atoms with Crippen molar-refractivity contribution < 1.29 is 8.78 Å². The molecule has 0 unspecified atom stereocenters. The first-order chi connectivity index (χ1) is 10.5. The number of hydrogen-bond donors (Lipinski definition) is 2. The SMILES string of the molecule is N[C@H]1CC[C@H](Nc2cc(C(F)(F)C3CC3)nc3ccnn23)C1. The molecule has 0 radical (unpaired) electrons. The Morgan fingerprint density at radius 1 is 1.27 bits per heavy atom. The summed E-state index contributed by atoms with van der Waals surface area (Å²) in [4.78, 5) is 4.10. The van der Waals surface area contributed by atoms with E-state index in [4.69, 9.17) is 5.73 Å². The van der Waals surface area contributed by atoms with Crippen LogP contribution in [0.3, 0.4) is 0 Å². The number of halogens is 2. The van der Waals surface area contributed by atoms with Gasteiger partial charge in [0.25, 0.3) is 5.92 Å². The van der Waals surface area contributed by atoms with E-state index in [1.165, 1.54) is 6.07 Å². The molecule has 4 rings (SSSR count). The van der Waals surface area contributed by atoms with Crippen LogP contribution in [0.5, 0.6) is 0 Å². The predicted molar refractivity (Wildman–Crippen MR) is 78.8 cm³/mol. The largest absolute Gasteiger partial charge is 0.367 e. The number of nitrogens with two attached hydrogens (primary N) is 1. The molecule has 2 fully saturated rings. The van der Waals surface area contributed by atoms with Crippen LogP contribution in [0.25, 0.3) is 5.65 Å². The summed E-state index contributed by atoms with van der Waals surface area (Å²) in [5, 5.41) is 7.50. The maximum atomic E-state index is 14.4. The summed E-state index contributed by atoms with van der Waals surface area (Å²) in [5.74, 6) is -2.86. The Kier molecular flexibility index (Phi) is 3.07. The predicted octanol–water partition coefficient (Wildman–Crippen LogP) is 2.52. The second-order valence-corrected chi connectivity index (χ2v) is 6.44. The summed E-state index contributed by atoms with van der Waals surface area (Å²) >= 11 is 0. The highest BCUT2D eigenvalue weighted by Crippen LogP contribution is 2.49. The number of anilines is 1. The maximum Gasteiger partial charge on any atom is 0.292 e. The highest BCUT2D eigenvalue weighted by Gasteiger charge is 2.49. The van der Waals surface area contributed by atoms with E-state index in [0.29, 0.717) is 24.3 Å². The summed E-state index contributed by atoms with van der Waals surface area (Å²) in [7, 11) is 0. The van der Waals surface area contributed by atoms with Gasteiger partial charge >= 0.3 is 0 Å². The van der Waals surface area contributed by atoms with Crippen LogP contribution >= 0.6 is 0 Å². The molecule has 118 valence electrons. The molecule has 2 heterocycles. The number of hydrogen-bond acceptors (Lipinski definition) is 4. The third-order valence-corrected chi connectivity index (χ3v) is 4.62. The Balaban J connectivity index is 1.71. The second kappa shape index (κ2) is 4.87. The molecule has 3 N–H and O–H groups in total. The topological polar surface area (TPSA) is 68.2 Å². The summed E-state index contributed by atoms with van der Waals surface area (Å²) in [5.41, 5.74) is 6.21. The third kappa shape index (κ3) is 2.33. The smallest absolute Gasteiger partial charge is 0.292 e. The minimum Gasteiger partial charge on any atom is -0.367 e. The third-order valence-electron chi connectivity index (χ3n) is 4.62. The zero-order valence-electron chi connectivity index (χ0n) is 12.2. The van der Waals surface area contributed by atoms with Crippen molar-refractivity contribution in [1.29, 1.82) is 0 Å². The van der Waals surface area contributed by atoms with Crippen molar-refractivity contribution in [1.82, 2.24) is 14.6 Å². The fraction of sp³-hybridized carbons (Fsp3) is 0.600. The van der Waals surface area contributed by atoms with Crippen molar-refractivity contribution in [2.45, 2.75) is 50.1 Å². The van der Waals surface area contributed by atoms with Crippen molar-refractivity contribution in [2.24, 2.45) is 11.7 Å². The summed E-state index contributed by atoms with van der Waals surface area (Å²) in [6.45, 7) is 0. The van der Waals surface area contributed by atoms with Crippen LogP contribution in [0, 0.1) is 5.92 Å². The van der Waals surface area contributed by atoms with Crippen molar-refractivity contribution in [2.75, 3.05) is 5.32 Å². The highest BCUT2D eigenvalue weighted by atomic mass is 19.3. The van der Waals surface area contributed by atoms with Crippen LogP contribution in [0.4, 0.5) is 14.6 Å². The van der Waals surface area contributed by atoms with E-state index in [1.807, 2.05) is 0 Å². The average molecular weight is 307 g/mol. The van der Waals surface area contributed by atoms with Crippen LogP contribution in [0.1, 0.15) is 37.8 Å². The van der Waals surface area contributed by atoms with Gasteiger partial charge < -0.3 is 11.1 Å². The number of rotatable bonds is 4. The molecular weight excluding hydrogens is 288 g/mol. The molecule has 0 saturated heterocycles. The van der Waals surface area contributed by atoms with E-state index in [0.717, 1.165) is 19.3 Å². The van der Waals surface area contributed by atoms with Gasteiger partial charge in [-0.15, -0.1) is 0 Å². The van der Waals surface area contributed by atoms with Gasteiger partial charge in [-0.05, 0) is 32.1 Å². The van der Waals surface area contributed by atoms with Gasteiger partial charge in [-0.2, -0.15) is 18.4 Å². The molecule has 2 atom stereocenters. The van der Waals surface area contributed by atoms with Crippen molar-refractivity contribution >= 4 is 11.5 Å². The first-order valence-corrected chi connectivity index (χ1v) is 7.79. The number of nitrogens with zero attached hydrogens (tertiary/aromatic N) is 3. The van der Waals surface area contributed by atoms with Gasteiger partial charge in [-0.25, -0.2) is 4.98 Å². The molecule has 2 aliphatic carbocycles. The second-order valence-electron chi connectivity index (χ2n) is 6.44. The molecule has 0 bridgehead atoms. The van der Waals surface area contributed by atoms with Gasteiger partial charge in [0.15, 0.2) is 5.65 Å². The molecule has 0 aromatic carbocycles. The fourth-order valence-corrected chi connectivity index (χ4v) is 3.20. The molecule has 0 spiro atoms. The van der Waals surface area contributed by atoms with Gasteiger partial charge in [0, 0.05) is 30.1 Å². The van der Waals surface area contributed by atoms with E-state index in [1.54, 1.807) is 16.8 Å². The first kappa shape index (κ1) is 13.9. The van der Waals surface area contributed by atoms with E-state index >= 15 is 0 Å². The van der Waals surface area contributed by atoms with Gasteiger partial charge in [0.05, 0.1) is 6.20 Å². The lowest BCUT2D eigenvalue weighted by Crippen LogP contribution is -2.24. The zero-order valence-corrected chi connectivity index (χ0v) is 12.2. The number of fused-ring (bicyclic) bond motifs is 1. The molecule has 5 nitrogen and oxygen atoms in total. The van der Waals surface area contributed by atoms with Gasteiger partial charge in [-0.1, -0.05) is 0 Å². The van der Waals surface area contributed by atoms with Gasteiger partial charge in [0.2, 0.25) is 0 Å². The Labute approximate surface area is 126 Å². The summed E-state index contributed by atoms with van der Waals surface area (Å²) in [6, 6.07) is 3.48. The maximum absolute atomic E-state index is 14.4. The van der Waals surface area contributed by atoms with E-state index < -0.39 is 11.8 Å². The van der Waals surface area contributed by atoms with Crippen molar-refractivity contribution in [3.8, 4) is 0 Å². The minimum absolute atomic E-state index is 0.159. The molecule has 2 saturated carbocycles. The molecular formula is C15H19F2N5. The van der Waals surface area contributed by atoms with Crippen LogP contribution in [-0.4, -0.2) is 26.7 Å². The molecule has 2 aromatic heterocycles. The summed E-state index contributed by atoms with van der Waals surface area (Å²) in [6.07, 6.45) is 5.46. The lowest BCUT2D eigenvalue weighted by atomic mass is 10.1. The Hall–Kier alpha value is -1.76. The van der Waals surface area contributed by atoms with Gasteiger partial charge in [0.1, 0.15) is 11.5 Å². The van der Waals surface area contributed by atoms with Crippen molar-refractivity contribution in [3.63, 3.8) is 0 Å². The van der Waals surface area contributed by atoms with Crippen LogP contribution in [0.2, 0.25) is 0 Å². The fourth-order valence-electron chi connectivity index (χ4n) is 3.20. The summed E-state index contributed by atoms with van der Waals surface area (Å²) < 4.78 is 30.4. The van der Waals surface area contributed by atoms with Crippen LogP contribution in [-0.2, 0) is 5.92 Å². The standard InChI is InChI=1S/C15H19F2N5/c16-15(17,9-1-2-9)12-8-14(20-11-4-3-10(18)7-11)22-13(21-12)5-6-19-22/h5-6,8-11,20H,1-4,7,18H2/t10-,11-/m0/s1.